The summed E-state index contributed by atoms with van der Waals surface area (Å²) in [6.07, 6.45) is 1.13. The molecule has 2 aromatic rings. The highest BCUT2D eigenvalue weighted by Gasteiger charge is 2.07. The zero-order valence-corrected chi connectivity index (χ0v) is 14.2. The smallest absolute Gasteiger partial charge is 0.121 e. The zero-order valence-electron chi connectivity index (χ0n) is 14.2. The molecular weight excluding hydrogens is 272 g/mol. The fraction of sp³-hybridized carbons (Fsp3) is 0.421. The average molecular weight is 298 g/mol. The van der Waals surface area contributed by atoms with Gasteiger partial charge in [0.05, 0.1) is 12.8 Å². The highest BCUT2D eigenvalue weighted by Crippen LogP contribution is 2.25. The lowest BCUT2D eigenvalue weighted by atomic mass is 10.1. The van der Waals surface area contributed by atoms with Crippen molar-refractivity contribution in [3.63, 3.8) is 0 Å². The van der Waals surface area contributed by atoms with Gasteiger partial charge >= 0.3 is 0 Å². The van der Waals surface area contributed by atoms with Crippen molar-refractivity contribution in [3.05, 3.63) is 47.2 Å². The van der Waals surface area contributed by atoms with E-state index in [1.54, 1.807) is 7.11 Å². The number of ether oxygens (including phenoxy) is 1. The zero-order chi connectivity index (χ0) is 16.1. The van der Waals surface area contributed by atoms with Gasteiger partial charge in [-0.3, -0.25) is 4.98 Å². The van der Waals surface area contributed by atoms with Crippen LogP contribution in [-0.2, 0) is 6.54 Å². The monoisotopic (exact) mass is 298 g/mol. The number of nitrogens with zero attached hydrogens (tertiary/aromatic N) is 1. The van der Waals surface area contributed by atoms with Crippen molar-refractivity contribution in [1.82, 2.24) is 10.3 Å². The normalized spacial score (nSPS) is 12.2. The Morgan fingerprint density at radius 3 is 2.55 bits per heavy atom. The van der Waals surface area contributed by atoms with Crippen LogP contribution in [0.25, 0.3) is 11.3 Å². The molecule has 0 saturated carbocycles. The Kier molecular flexibility index (Phi) is 5.56. The summed E-state index contributed by atoms with van der Waals surface area (Å²) >= 11 is 0. The van der Waals surface area contributed by atoms with Gasteiger partial charge in [-0.25, -0.2) is 0 Å². The Balaban J connectivity index is 2.20. The first-order chi connectivity index (χ1) is 10.5. The summed E-state index contributed by atoms with van der Waals surface area (Å²) in [6.45, 7) is 9.40. The number of rotatable bonds is 6. The maximum absolute atomic E-state index is 5.31. The van der Waals surface area contributed by atoms with Crippen LogP contribution < -0.4 is 10.1 Å². The molecule has 3 nitrogen and oxygen atoms in total. The van der Waals surface area contributed by atoms with E-state index in [1.807, 2.05) is 6.07 Å². The van der Waals surface area contributed by atoms with Crippen LogP contribution in [0.1, 0.15) is 37.1 Å². The van der Waals surface area contributed by atoms with Crippen molar-refractivity contribution in [2.24, 2.45) is 0 Å². The van der Waals surface area contributed by atoms with Crippen molar-refractivity contribution >= 4 is 0 Å². The van der Waals surface area contributed by atoms with Crippen LogP contribution in [0.2, 0.25) is 0 Å². The van der Waals surface area contributed by atoms with Crippen molar-refractivity contribution < 1.29 is 4.74 Å². The average Bonchev–Trinajstić information content (AvgIpc) is 2.53. The van der Waals surface area contributed by atoms with Crippen LogP contribution in [0.5, 0.6) is 5.75 Å². The summed E-state index contributed by atoms with van der Waals surface area (Å²) in [6, 6.07) is 11.0. The number of aryl methyl sites for hydroxylation is 2. The van der Waals surface area contributed by atoms with Crippen LogP contribution in [0, 0.1) is 13.8 Å². The molecular formula is C19H26N2O. The van der Waals surface area contributed by atoms with E-state index in [9.17, 15) is 0 Å². The van der Waals surface area contributed by atoms with E-state index in [4.69, 9.17) is 9.72 Å². The Hall–Kier alpha value is -1.87. The summed E-state index contributed by atoms with van der Waals surface area (Å²) in [7, 11) is 1.70. The Bertz CT molecular complexity index is 637. The first kappa shape index (κ1) is 16.5. The lowest BCUT2D eigenvalue weighted by Gasteiger charge is -2.13. The van der Waals surface area contributed by atoms with Gasteiger partial charge < -0.3 is 10.1 Å². The van der Waals surface area contributed by atoms with Gasteiger partial charge in [-0.15, -0.1) is 0 Å². The minimum atomic E-state index is 0.531. The molecule has 0 radical (unpaired) electrons. The van der Waals surface area contributed by atoms with Gasteiger partial charge in [-0.1, -0.05) is 13.0 Å². The molecule has 0 amide bonds. The Labute approximate surface area is 133 Å². The van der Waals surface area contributed by atoms with Gasteiger partial charge in [0.25, 0.3) is 0 Å². The van der Waals surface area contributed by atoms with Crippen molar-refractivity contribution in [1.29, 1.82) is 0 Å². The van der Waals surface area contributed by atoms with E-state index >= 15 is 0 Å². The molecule has 0 saturated heterocycles. The highest BCUT2D eigenvalue weighted by atomic mass is 16.5. The van der Waals surface area contributed by atoms with E-state index in [-0.39, 0.29) is 0 Å². The lowest BCUT2D eigenvalue weighted by molar-refractivity contribution is 0.412. The van der Waals surface area contributed by atoms with Crippen molar-refractivity contribution in [2.45, 2.75) is 46.7 Å². The number of nitrogens with one attached hydrogen (secondary N) is 1. The fourth-order valence-corrected chi connectivity index (χ4v) is 2.40. The molecule has 0 bridgehead atoms. The molecule has 0 aliphatic rings. The molecule has 1 heterocycles. The molecule has 2 rings (SSSR count). The molecule has 0 aliphatic heterocycles. The standard InChI is InChI=1S/C19H26N2O/c1-6-14(3)20-12-17-7-9-18(21-15(17)4)16-8-10-19(22-5)13(2)11-16/h7-11,14,20H,6,12H2,1-5H3. The second-order valence-corrected chi connectivity index (χ2v) is 5.82. The van der Waals surface area contributed by atoms with Crippen LogP contribution in [-0.4, -0.2) is 18.1 Å². The number of benzene rings is 1. The first-order valence-corrected chi connectivity index (χ1v) is 7.90. The quantitative estimate of drug-likeness (QED) is 0.865. The fourth-order valence-electron chi connectivity index (χ4n) is 2.40. The molecule has 1 unspecified atom stereocenters. The maximum Gasteiger partial charge on any atom is 0.121 e. The second-order valence-electron chi connectivity index (χ2n) is 5.82. The molecule has 118 valence electrons. The Morgan fingerprint density at radius 1 is 1.18 bits per heavy atom. The van der Waals surface area contributed by atoms with Crippen molar-refractivity contribution in [2.75, 3.05) is 7.11 Å². The van der Waals surface area contributed by atoms with Gasteiger partial charge in [0.2, 0.25) is 0 Å². The van der Waals surface area contributed by atoms with E-state index in [1.165, 1.54) is 5.56 Å². The van der Waals surface area contributed by atoms with E-state index in [0.29, 0.717) is 6.04 Å². The molecule has 1 aromatic heterocycles. The molecule has 0 aliphatic carbocycles. The maximum atomic E-state index is 5.31. The van der Waals surface area contributed by atoms with Crippen LogP contribution in [0.15, 0.2) is 30.3 Å². The molecule has 0 spiro atoms. The predicted octanol–water partition coefficient (Wildman–Crippen LogP) is 4.26. The van der Waals surface area contributed by atoms with Gasteiger partial charge in [0, 0.05) is 23.8 Å². The molecule has 3 heteroatoms. The number of hydrogen-bond acceptors (Lipinski definition) is 3. The predicted molar refractivity (Wildman–Crippen MR) is 92.3 cm³/mol. The van der Waals surface area contributed by atoms with Crippen LogP contribution in [0.4, 0.5) is 0 Å². The largest absolute Gasteiger partial charge is 0.496 e. The van der Waals surface area contributed by atoms with Gasteiger partial charge in [-0.05, 0) is 62.6 Å². The van der Waals surface area contributed by atoms with E-state index < -0.39 is 0 Å². The summed E-state index contributed by atoms with van der Waals surface area (Å²) in [5.41, 5.74) is 5.61. The summed E-state index contributed by atoms with van der Waals surface area (Å²) in [5, 5.41) is 3.52. The third kappa shape index (κ3) is 3.86. The summed E-state index contributed by atoms with van der Waals surface area (Å²) in [4.78, 5) is 4.76. The summed E-state index contributed by atoms with van der Waals surface area (Å²) in [5.74, 6) is 0.912. The first-order valence-electron chi connectivity index (χ1n) is 7.90. The van der Waals surface area contributed by atoms with Crippen molar-refractivity contribution in [3.8, 4) is 17.0 Å². The van der Waals surface area contributed by atoms with Crippen LogP contribution >= 0.6 is 0 Å². The number of methoxy groups -OCH3 is 1. The number of aromatic nitrogens is 1. The lowest BCUT2D eigenvalue weighted by Crippen LogP contribution is -2.24. The molecule has 22 heavy (non-hydrogen) atoms. The topological polar surface area (TPSA) is 34.1 Å². The van der Waals surface area contributed by atoms with Gasteiger partial charge in [-0.2, -0.15) is 0 Å². The number of pyridine rings is 1. The molecule has 0 fully saturated rings. The minimum absolute atomic E-state index is 0.531. The van der Waals surface area contributed by atoms with Crippen LogP contribution in [0.3, 0.4) is 0 Å². The van der Waals surface area contributed by atoms with E-state index in [0.717, 1.165) is 41.2 Å². The molecule has 1 N–H and O–H groups in total. The second kappa shape index (κ2) is 7.41. The third-order valence-corrected chi connectivity index (χ3v) is 4.14. The number of hydrogen-bond donors (Lipinski definition) is 1. The van der Waals surface area contributed by atoms with E-state index in [2.05, 4.69) is 57.3 Å². The van der Waals surface area contributed by atoms with Gasteiger partial charge in [0.1, 0.15) is 5.75 Å². The van der Waals surface area contributed by atoms with Gasteiger partial charge in [0.15, 0.2) is 0 Å². The Morgan fingerprint density at radius 2 is 1.95 bits per heavy atom. The highest BCUT2D eigenvalue weighted by molar-refractivity contribution is 5.62. The summed E-state index contributed by atoms with van der Waals surface area (Å²) < 4.78 is 5.31. The third-order valence-electron chi connectivity index (χ3n) is 4.14. The minimum Gasteiger partial charge on any atom is -0.496 e. The molecule has 1 atom stereocenters. The molecule has 1 aromatic carbocycles. The SMILES string of the molecule is CCC(C)NCc1ccc(-c2ccc(OC)c(C)c2)nc1C.